The van der Waals surface area contributed by atoms with Crippen LogP contribution in [0.1, 0.15) is 49.1 Å². The summed E-state index contributed by atoms with van der Waals surface area (Å²) in [5.41, 5.74) is 11.0. The summed E-state index contributed by atoms with van der Waals surface area (Å²) in [5.74, 6) is 1.85. The molecule has 164 valence electrons. The van der Waals surface area contributed by atoms with Crippen LogP contribution in [-0.4, -0.2) is 33.2 Å². The molecule has 0 bridgehead atoms. The van der Waals surface area contributed by atoms with Gasteiger partial charge < -0.3 is 9.88 Å². The van der Waals surface area contributed by atoms with Crippen molar-refractivity contribution >= 4 is 16.7 Å². The lowest BCUT2D eigenvalue weighted by molar-refractivity contribution is 0.281. The van der Waals surface area contributed by atoms with Crippen molar-refractivity contribution in [1.29, 1.82) is 0 Å². The lowest BCUT2D eigenvalue weighted by atomic mass is 9.75. The maximum atomic E-state index is 13.9. The van der Waals surface area contributed by atoms with E-state index in [1.54, 1.807) is 18.5 Å². The third-order valence-corrected chi connectivity index (χ3v) is 7.19. The molecule has 4 unspecified atom stereocenters. The average Bonchev–Trinajstić information content (AvgIpc) is 3.28. The molecule has 0 spiro atoms. The van der Waals surface area contributed by atoms with E-state index >= 15 is 0 Å². The number of anilines is 1. The number of aromatic nitrogens is 3. The zero-order chi connectivity index (χ0) is 21.5. The number of benzene rings is 1. The van der Waals surface area contributed by atoms with Crippen molar-refractivity contribution in [1.82, 2.24) is 25.4 Å². The number of nitrogens with zero attached hydrogens (tertiary/aromatic N) is 3. The first-order valence-corrected chi connectivity index (χ1v) is 11.3. The fraction of sp³-hybridized carbons (Fsp3) is 0.500. The van der Waals surface area contributed by atoms with E-state index in [1.807, 2.05) is 6.92 Å². The van der Waals surface area contributed by atoms with Crippen molar-refractivity contribution < 1.29 is 4.39 Å². The largest absolute Gasteiger partial charge is 0.368 e. The van der Waals surface area contributed by atoms with Crippen LogP contribution in [0.3, 0.4) is 0 Å². The molecule has 3 N–H and O–H groups in total. The van der Waals surface area contributed by atoms with Crippen LogP contribution < -0.4 is 16.2 Å². The minimum Gasteiger partial charge on any atom is -0.368 e. The summed E-state index contributed by atoms with van der Waals surface area (Å²) in [4.78, 5) is 9.01. The van der Waals surface area contributed by atoms with E-state index in [1.165, 1.54) is 12.8 Å². The fourth-order valence-electron chi connectivity index (χ4n) is 5.48. The quantitative estimate of drug-likeness (QED) is 0.579. The van der Waals surface area contributed by atoms with E-state index in [-0.39, 0.29) is 5.82 Å². The Kier molecular flexibility index (Phi) is 5.40. The maximum Gasteiger partial charge on any atom is 0.129 e. The monoisotopic (exact) mass is 422 g/mol. The third-order valence-electron chi connectivity index (χ3n) is 7.19. The van der Waals surface area contributed by atoms with E-state index in [0.29, 0.717) is 23.9 Å². The SMILES string of the molecule is Cc1cc(F)cc2c1cc(C)n2CCNc1cc(C2CCC3C(C)NNC3C2)ncn1. The molecule has 0 radical (unpaired) electrons. The summed E-state index contributed by atoms with van der Waals surface area (Å²) >= 11 is 0. The highest BCUT2D eigenvalue weighted by molar-refractivity contribution is 5.84. The molecule has 1 saturated heterocycles. The number of halogens is 1. The number of rotatable bonds is 5. The second-order valence-electron chi connectivity index (χ2n) is 9.21. The predicted molar refractivity (Wildman–Crippen MR) is 121 cm³/mol. The molecular weight excluding hydrogens is 391 g/mol. The minimum atomic E-state index is -0.186. The standard InChI is InChI=1S/C24H31FN6/c1-14-8-18(25)11-23-20(14)9-15(2)31(23)7-6-26-24-12-21(27-13-28-24)17-4-5-19-16(3)29-30-22(19)10-17/h8-9,11-13,16-17,19,22,29-30H,4-7,10H2,1-3H3,(H,26,27,28). The summed E-state index contributed by atoms with van der Waals surface area (Å²) in [5, 5.41) is 4.56. The van der Waals surface area contributed by atoms with Crippen LogP contribution in [0.25, 0.3) is 10.9 Å². The van der Waals surface area contributed by atoms with Crippen LogP contribution in [-0.2, 0) is 6.54 Å². The Bertz CT molecular complexity index is 1090. The van der Waals surface area contributed by atoms with Crippen LogP contribution in [0.15, 0.2) is 30.6 Å². The van der Waals surface area contributed by atoms with Crippen LogP contribution in [0.2, 0.25) is 0 Å². The molecule has 2 aromatic heterocycles. The lowest BCUT2D eigenvalue weighted by Crippen LogP contribution is -2.35. The molecule has 2 aliphatic rings. The van der Waals surface area contributed by atoms with E-state index in [2.05, 4.69) is 56.7 Å². The van der Waals surface area contributed by atoms with Crippen LogP contribution in [0.4, 0.5) is 10.2 Å². The van der Waals surface area contributed by atoms with Gasteiger partial charge in [0.2, 0.25) is 0 Å². The second-order valence-corrected chi connectivity index (χ2v) is 9.21. The van der Waals surface area contributed by atoms with Gasteiger partial charge in [-0.1, -0.05) is 0 Å². The van der Waals surface area contributed by atoms with Crippen LogP contribution in [0.5, 0.6) is 0 Å². The maximum absolute atomic E-state index is 13.9. The van der Waals surface area contributed by atoms with E-state index in [0.717, 1.165) is 53.2 Å². The van der Waals surface area contributed by atoms with Gasteiger partial charge in [0, 0.05) is 53.9 Å². The molecule has 3 heterocycles. The Morgan fingerprint density at radius 2 is 2.00 bits per heavy atom. The number of hydrogen-bond donors (Lipinski definition) is 3. The molecule has 5 rings (SSSR count). The minimum absolute atomic E-state index is 0.186. The van der Waals surface area contributed by atoms with E-state index in [9.17, 15) is 4.39 Å². The first kappa shape index (κ1) is 20.4. The van der Waals surface area contributed by atoms with Gasteiger partial charge in [-0.05, 0) is 69.7 Å². The molecule has 4 atom stereocenters. The van der Waals surface area contributed by atoms with Crippen molar-refractivity contribution in [3.8, 4) is 0 Å². The molecule has 6 nitrogen and oxygen atoms in total. The molecule has 7 heteroatoms. The Labute approximate surface area is 182 Å². The topological polar surface area (TPSA) is 66.8 Å². The normalized spacial score (nSPS) is 25.7. The van der Waals surface area contributed by atoms with Gasteiger partial charge in [0.05, 0.1) is 5.52 Å². The van der Waals surface area contributed by atoms with Crippen molar-refractivity contribution in [2.24, 2.45) is 5.92 Å². The Balaban J connectivity index is 1.25. The predicted octanol–water partition coefficient (Wildman–Crippen LogP) is 4.05. The van der Waals surface area contributed by atoms with Crippen molar-refractivity contribution in [2.45, 2.75) is 64.6 Å². The zero-order valence-electron chi connectivity index (χ0n) is 18.5. The first-order valence-electron chi connectivity index (χ1n) is 11.3. The lowest BCUT2D eigenvalue weighted by Gasteiger charge is -2.31. The van der Waals surface area contributed by atoms with Gasteiger partial charge in [0.25, 0.3) is 0 Å². The van der Waals surface area contributed by atoms with Crippen molar-refractivity contribution in [3.05, 3.63) is 53.4 Å². The highest BCUT2D eigenvalue weighted by atomic mass is 19.1. The summed E-state index contributed by atoms with van der Waals surface area (Å²) in [7, 11) is 0. The van der Waals surface area contributed by atoms with E-state index in [4.69, 9.17) is 0 Å². The van der Waals surface area contributed by atoms with E-state index < -0.39 is 0 Å². The number of nitrogens with one attached hydrogen (secondary N) is 3. The molecule has 1 saturated carbocycles. The molecule has 1 aliphatic heterocycles. The molecule has 1 aromatic carbocycles. The van der Waals surface area contributed by atoms with Gasteiger partial charge in [-0.15, -0.1) is 0 Å². The number of hydrazine groups is 1. The molecule has 2 fully saturated rings. The zero-order valence-corrected chi connectivity index (χ0v) is 18.5. The summed E-state index contributed by atoms with van der Waals surface area (Å²) in [6, 6.07) is 8.52. The van der Waals surface area contributed by atoms with Crippen molar-refractivity contribution in [2.75, 3.05) is 11.9 Å². The second kappa shape index (κ2) is 8.20. The Morgan fingerprint density at radius 1 is 1.13 bits per heavy atom. The van der Waals surface area contributed by atoms with Gasteiger partial charge in [0.1, 0.15) is 18.0 Å². The van der Waals surface area contributed by atoms with Gasteiger partial charge in [-0.2, -0.15) is 0 Å². The fourth-order valence-corrected chi connectivity index (χ4v) is 5.48. The highest BCUT2D eigenvalue weighted by Gasteiger charge is 2.38. The van der Waals surface area contributed by atoms with Gasteiger partial charge in [-0.3, -0.25) is 10.9 Å². The molecule has 31 heavy (non-hydrogen) atoms. The Morgan fingerprint density at radius 3 is 2.87 bits per heavy atom. The van der Waals surface area contributed by atoms with Crippen LogP contribution in [0, 0.1) is 25.6 Å². The summed E-state index contributed by atoms with van der Waals surface area (Å²) in [6.07, 6.45) is 5.17. The van der Waals surface area contributed by atoms with Gasteiger partial charge in [0.15, 0.2) is 0 Å². The molecule has 3 aromatic rings. The molecular formula is C24H31FN6. The molecule has 0 amide bonds. The highest BCUT2D eigenvalue weighted by Crippen LogP contribution is 2.38. The van der Waals surface area contributed by atoms with Gasteiger partial charge in [-0.25, -0.2) is 14.4 Å². The number of aryl methyl sites for hydroxylation is 2. The average molecular weight is 423 g/mol. The Hall–Kier alpha value is -2.51. The number of fused-ring (bicyclic) bond motifs is 2. The van der Waals surface area contributed by atoms with Crippen molar-refractivity contribution in [3.63, 3.8) is 0 Å². The summed E-state index contributed by atoms with van der Waals surface area (Å²) < 4.78 is 16.1. The smallest absolute Gasteiger partial charge is 0.129 e. The number of hydrogen-bond acceptors (Lipinski definition) is 5. The van der Waals surface area contributed by atoms with Gasteiger partial charge >= 0.3 is 0 Å². The first-order chi connectivity index (χ1) is 15.0. The summed E-state index contributed by atoms with van der Waals surface area (Å²) in [6.45, 7) is 7.76. The van der Waals surface area contributed by atoms with Crippen LogP contribution >= 0.6 is 0 Å². The third kappa shape index (κ3) is 3.92. The molecule has 1 aliphatic carbocycles.